The number of esters is 1. The molecule has 0 aliphatic carbocycles. The Kier molecular flexibility index (Phi) is 4.95. The van der Waals surface area contributed by atoms with Crippen LogP contribution < -0.4 is 10.2 Å². The molecule has 0 saturated heterocycles. The second-order valence-corrected chi connectivity index (χ2v) is 7.24. The Morgan fingerprint density at radius 2 is 1.69 bits per heavy atom. The third-order valence-corrected chi connectivity index (χ3v) is 4.92. The summed E-state index contributed by atoms with van der Waals surface area (Å²) in [6, 6.07) is 19.1. The normalized spacial score (nSPS) is 10.9. The van der Waals surface area contributed by atoms with E-state index in [1.165, 1.54) is 0 Å². The van der Waals surface area contributed by atoms with Crippen molar-refractivity contribution in [3.05, 3.63) is 98.7 Å². The van der Waals surface area contributed by atoms with Crippen LogP contribution in [0, 0.1) is 13.8 Å². The molecule has 0 saturated carbocycles. The molecule has 0 radical (unpaired) electrons. The van der Waals surface area contributed by atoms with Crippen LogP contribution in [0.4, 0.5) is 0 Å². The van der Waals surface area contributed by atoms with Crippen molar-refractivity contribution in [2.24, 2.45) is 0 Å². The first-order valence-electron chi connectivity index (χ1n) is 9.05. The summed E-state index contributed by atoms with van der Waals surface area (Å²) in [6.45, 7) is 3.72. The van der Waals surface area contributed by atoms with E-state index in [0.29, 0.717) is 27.1 Å². The molecule has 4 nitrogen and oxygen atoms in total. The molecule has 5 heteroatoms. The van der Waals surface area contributed by atoms with E-state index in [0.717, 1.165) is 11.1 Å². The highest BCUT2D eigenvalue weighted by molar-refractivity contribution is 6.30. The molecule has 0 aliphatic rings. The molecule has 3 aromatic carbocycles. The summed E-state index contributed by atoms with van der Waals surface area (Å²) in [5.41, 5.74) is 2.70. The quantitative estimate of drug-likeness (QED) is 0.396. The van der Waals surface area contributed by atoms with Gasteiger partial charge in [0.05, 0.1) is 10.9 Å². The fraction of sp³-hybridized carbons (Fsp3) is 0.0833. The number of carbonyl (C=O) groups excluding carboxylic acids is 1. The fourth-order valence-electron chi connectivity index (χ4n) is 3.12. The molecule has 0 spiro atoms. The minimum atomic E-state index is -0.614. The van der Waals surface area contributed by atoms with E-state index in [1.54, 1.807) is 48.5 Å². The maximum atomic E-state index is 13.2. The predicted molar refractivity (Wildman–Crippen MR) is 114 cm³/mol. The molecule has 0 amide bonds. The molecule has 0 aliphatic heterocycles. The standard InChI is InChI=1S/C24H17ClO4/c1-14-7-12-19-20(13-14)28-22(16-8-10-17(25)11-9-16)23(21(19)26)29-24(27)18-6-4-3-5-15(18)2/h3-13H,1-2H3. The van der Waals surface area contributed by atoms with Gasteiger partial charge in [-0.25, -0.2) is 4.79 Å². The average molecular weight is 405 g/mol. The number of aryl methyl sites for hydroxylation is 2. The molecule has 0 atom stereocenters. The van der Waals surface area contributed by atoms with E-state index in [4.69, 9.17) is 20.8 Å². The first-order valence-corrected chi connectivity index (χ1v) is 9.43. The molecule has 1 heterocycles. The molecule has 0 bridgehead atoms. The number of halogens is 1. The Bertz CT molecular complexity index is 1290. The first-order chi connectivity index (χ1) is 13.9. The molecular formula is C24H17ClO4. The van der Waals surface area contributed by atoms with Crippen LogP contribution in [-0.2, 0) is 0 Å². The predicted octanol–water partition coefficient (Wildman–Crippen LogP) is 5.95. The Morgan fingerprint density at radius 3 is 2.41 bits per heavy atom. The van der Waals surface area contributed by atoms with Gasteiger partial charge in [0.25, 0.3) is 0 Å². The summed E-state index contributed by atoms with van der Waals surface area (Å²) in [4.78, 5) is 26.0. The van der Waals surface area contributed by atoms with Crippen molar-refractivity contribution in [2.75, 3.05) is 0 Å². The number of ether oxygens (including phenoxy) is 1. The zero-order valence-electron chi connectivity index (χ0n) is 15.9. The van der Waals surface area contributed by atoms with Crippen molar-refractivity contribution in [2.45, 2.75) is 13.8 Å². The molecule has 144 valence electrons. The topological polar surface area (TPSA) is 56.5 Å². The van der Waals surface area contributed by atoms with Gasteiger partial charge >= 0.3 is 5.97 Å². The molecular weight excluding hydrogens is 388 g/mol. The van der Waals surface area contributed by atoms with Crippen LogP contribution in [0.15, 0.2) is 75.9 Å². The number of fused-ring (bicyclic) bond motifs is 1. The molecule has 0 N–H and O–H groups in total. The maximum absolute atomic E-state index is 13.2. The highest BCUT2D eigenvalue weighted by Crippen LogP contribution is 2.32. The van der Waals surface area contributed by atoms with Crippen molar-refractivity contribution in [1.29, 1.82) is 0 Å². The number of hydrogen-bond donors (Lipinski definition) is 0. The number of rotatable bonds is 3. The van der Waals surface area contributed by atoms with Gasteiger partial charge in [-0.2, -0.15) is 0 Å². The van der Waals surface area contributed by atoms with Gasteiger partial charge in [0.2, 0.25) is 11.2 Å². The summed E-state index contributed by atoms with van der Waals surface area (Å²) >= 11 is 5.99. The van der Waals surface area contributed by atoms with Gasteiger partial charge < -0.3 is 9.15 Å². The third-order valence-electron chi connectivity index (χ3n) is 4.67. The average Bonchev–Trinajstić information content (AvgIpc) is 2.70. The summed E-state index contributed by atoms with van der Waals surface area (Å²) in [7, 11) is 0. The lowest BCUT2D eigenvalue weighted by molar-refractivity contribution is 0.0730. The van der Waals surface area contributed by atoms with Crippen molar-refractivity contribution < 1.29 is 13.9 Å². The van der Waals surface area contributed by atoms with Crippen molar-refractivity contribution in [1.82, 2.24) is 0 Å². The van der Waals surface area contributed by atoms with E-state index in [9.17, 15) is 9.59 Å². The lowest BCUT2D eigenvalue weighted by Gasteiger charge is -2.12. The number of benzene rings is 3. The van der Waals surface area contributed by atoms with Crippen LogP contribution in [0.25, 0.3) is 22.3 Å². The summed E-state index contributed by atoms with van der Waals surface area (Å²) in [6.07, 6.45) is 0. The largest absolute Gasteiger partial charge is 0.452 e. The molecule has 4 aromatic rings. The summed E-state index contributed by atoms with van der Waals surface area (Å²) < 4.78 is 11.6. The molecule has 29 heavy (non-hydrogen) atoms. The van der Waals surface area contributed by atoms with Gasteiger partial charge in [-0.1, -0.05) is 35.9 Å². The Balaban J connectivity index is 1.92. The maximum Gasteiger partial charge on any atom is 0.344 e. The van der Waals surface area contributed by atoms with Gasteiger partial charge in [0, 0.05) is 10.6 Å². The Labute approximate surface area is 172 Å². The third kappa shape index (κ3) is 3.67. The van der Waals surface area contributed by atoms with Crippen LogP contribution in [0.5, 0.6) is 5.75 Å². The number of carbonyl (C=O) groups is 1. The Hall–Kier alpha value is -3.37. The minimum absolute atomic E-state index is 0.142. The SMILES string of the molecule is Cc1ccc2c(=O)c(OC(=O)c3ccccc3C)c(-c3ccc(Cl)cc3)oc2c1. The van der Waals surface area contributed by atoms with Crippen LogP contribution in [0.3, 0.4) is 0 Å². The first kappa shape index (κ1) is 19.0. The zero-order chi connectivity index (χ0) is 20.5. The second kappa shape index (κ2) is 7.57. The second-order valence-electron chi connectivity index (χ2n) is 6.80. The molecule has 0 fully saturated rings. The molecule has 1 aromatic heterocycles. The van der Waals surface area contributed by atoms with Crippen molar-refractivity contribution in [3.63, 3.8) is 0 Å². The lowest BCUT2D eigenvalue weighted by Crippen LogP contribution is -2.17. The van der Waals surface area contributed by atoms with Gasteiger partial charge in [0.15, 0.2) is 5.76 Å². The van der Waals surface area contributed by atoms with E-state index >= 15 is 0 Å². The zero-order valence-corrected chi connectivity index (χ0v) is 16.6. The van der Waals surface area contributed by atoms with Crippen molar-refractivity contribution >= 4 is 28.5 Å². The van der Waals surface area contributed by atoms with E-state index in [-0.39, 0.29) is 11.5 Å². The summed E-state index contributed by atoms with van der Waals surface area (Å²) in [5, 5.41) is 0.895. The minimum Gasteiger partial charge on any atom is -0.452 e. The van der Waals surface area contributed by atoms with Crippen molar-refractivity contribution in [3.8, 4) is 17.1 Å². The summed E-state index contributed by atoms with van der Waals surface area (Å²) in [5.74, 6) is -0.569. The highest BCUT2D eigenvalue weighted by Gasteiger charge is 2.22. The van der Waals surface area contributed by atoms with Gasteiger partial charge in [-0.3, -0.25) is 4.79 Å². The smallest absolute Gasteiger partial charge is 0.344 e. The fourth-order valence-corrected chi connectivity index (χ4v) is 3.24. The Morgan fingerprint density at radius 1 is 0.966 bits per heavy atom. The molecule has 4 rings (SSSR count). The van der Waals surface area contributed by atoms with E-state index in [1.807, 2.05) is 32.0 Å². The van der Waals surface area contributed by atoms with Crippen LogP contribution in [0.1, 0.15) is 21.5 Å². The van der Waals surface area contributed by atoms with Crippen LogP contribution >= 0.6 is 11.6 Å². The van der Waals surface area contributed by atoms with Gasteiger partial charge in [-0.05, 0) is 67.4 Å². The van der Waals surface area contributed by atoms with Gasteiger partial charge in [0.1, 0.15) is 5.58 Å². The monoisotopic (exact) mass is 404 g/mol. The highest BCUT2D eigenvalue weighted by atomic mass is 35.5. The van der Waals surface area contributed by atoms with Crippen LogP contribution in [-0.4, -0.2) is 5.97 Å². The van der Waals surface area contributed by atoms with Gasteiger partial charge in [-0.15, -0.1) is 0 Å². The lowest BCUT2D eigenvalue weighted by atomic mass is 10.1. The van der Waals surface area contributed by atoms with E-state index < -0.39 is 11.4 Å². The molecule has 0 unspecified atom stereocenters. The number of hydrogen-bond acceptors (Lipinski definition) is 4. The van der Waals surface area contributed by atoms with E-state index in [2.05, 4.69) is 0 Å². The van der Waals surface area contributed by atoms with Crippen LogP contribution in [0.2, 0.25) is 5.02 Å².